The van der Waals surface area contributed by atoms with Gasteiger partial charge in [0, 0.05) is 13.1 Å². The Balaban J connectivity index is 1.79. The van der Waals surface area contributed by atoms with Crippen LogP contribution < -0.4 is 16.4 Å². The number of furan rings is 1. The number of rotatable bonds is 6. The third kappa shape index (κ3) is 3.73. The first-order valence-corrected chi connectivity index (χ1v) is 6.96. The van der Waals surface area contributed by atoms with Crippen LogP contribution in [0.3, 0.4) is 0 Å². The highest BCUT2D eigenvalue weighted by atomic mass is 16.3. The summed E-state index contributed by atoms with van der Waals surface area (Å²) in [6.45, 7) is 2.22. The summed E-state index contributed by atoms with van der Waals surface area (Å²) >= 11 is 0. The summed E-state index contributed by atoms with van der Waals surface area (Å²) < 4.78 is 4.97. The van der Waals surface area contributed by atoms with Gasteiger partial charge in [-0.3, -0.25) is 9.59 Å². The summed E-state index contributed by atoms with van der Waals surface area (Å²) in [6.07, 6.45) is 1.43. The molecule has 2 aromatic rings. The van der Waals surface area contributed by atoms with Crippen molar-refractivity contribution in [3.63, 3.8) is 0 Å². The second kappa shape index (κ2) is 6.91. The van der Waals surface area contributed by atoms with E-state index in [1.165, 1.54) is 6.26 Å². The van der Waals surface area contributed by atoms with Crippen molar-refractivity contribution >= 4 is 11.8 Å². The molecule has 1 aromatic carbocycles. The molecular weight excluding hydrogens is 282 g/mol. The molecule has 22 heavy (non-hydrogen) atoms. The molecule has 0 saturated carbocycles. The normalized spacial score (nSPS) is 13.2. The van der Waals surface area contributed by atoms with Gasteiger partial charge in [0.25, 0.3) is 5.91 Å². The first kappa shape index (κ1) is 15.8. The summed E-state index contributed by atoms with van der Waals surface area (Å²) in [5.41, 5.74) is 5.70. The second-order valence-corrected chi connectivity index (χ2v) is 5.06. The number of amides is 2. The van der Waals surface area contributed by atoms with Gasteiger partial charge in [-0.05, 0) is 24.6 Å². The minimum absolute atomic E-state index is 0.235. The van der Waals surface area contributed by atoms with E-state index in [1.807, 2.05) is 18.2 Å². The third-order valence-corrected chi connectivity index (χ3v) is 3.29. The van der Waals surface area contributed by atoms with Crippen molar-refractivity contribution < 1.29 is 14.0 Å². The van der Waals surface area contributed by atoms with E-state index in [4.69, 9.17) is 10.2 Å². The van der Waals surface area contributed by atoms with Crippen LogP contribution in [-0.2, 0) is 10.3 Å². The highest BCUT2D eigenvalue weighted by Gasteiger charge is 2.29. The van der Waals surface area contributed by atoms with Crippen LogP contribution in [0.25, 0.3) is 0 Å². The number of benzene rings is 1. The molecular formula is C16H19N3O3. The largest absolute Gasteiger partial charge is 0.459 e. The van der Waals surface area contributed by atoms with Crippen LogP contribution in [0.5, 0.6) is 0 Å². The number of hydrogen-bond donors (Lipinski definition) is 3. The van der Waals surface area contributed by atoms with Gasteiger partial charge in [-0.25, -0.2) is 0 Å². The van der Waals surface area contributed by atoms with Gasteiger partial charge in [-0.15, -0.1) is 0 Å². The van der Waals surface area contributed by atoms with Crippen molar-refractivity contribution in [2.75, 3.05) is 13.1 Å². The van der Waals surface area contributed by atoms with Gasteiger partial charge in [-0.2, -0.15) is 0 Å². The molecule has 1 unspecified atom stereocenters. The predicted octanol–water partition coefficient (Wildman–Crippen LogP) is 1.000. The average Bonchev–Trinajstić information content (AvgIpc) is 3.06. The van der Waals surface area contributed by atoms with E-state index in [-0.39, 0.29) is 30.7 Å². The molecule has 6 nitrogen and oxygen atoms in total. The lowest BCUT2D eigenvalue weighted by atomic mass is 9.92. The molecule has 0 aliphatic heterocycles. The molecule has 1 aromatic heterocycles. The maximum atomic E-state index is 12.2. The molecule has 2 amide bonds. The molecule has 0 aliphatic carbocycles. The summed E-state index contributed by atoms with van der Waals surface area (Å²) in [5, 5.41) is 5.36. The molecule has 6 heteroatoms. The van der Waals surface area contributed by atoms with Gasteiger partial charge >= 0.3 is 0 Å². The zero-order valence-electron chi connectivity index (χ0n) is 12.3. The number of nitrogens with two attached hydrogens (primary N) is 1. The fourth-order valence-electron chi connectivity index (χ4n) is 1.95. The van der Waals surface area contributed by atoms with Crippen molar-refractivity contribution in [3.05, 3.63) is 60.1 Å². The molecule has 1 atom stereocenters. The monoisotopic (exact) mass is 301 g/mol. The first-order valence-electron chi connectivity index (χ1n) is 6.96. The molecule has 4 N–H and O–H groups in total. The lowest BCUT2D eigenvalue weighted by Gasteiger charge is -2.24. The maximum absolute atomic E-state index is 12.2. The van der Waals surface area contributed by atoms with E-state index in [2.05, 4.69) is 10.6 Å². The van der Waals surface area contributed by atoms with Crippen LogP contribution in [0.15, 0.2) is 53.1 Å². The van der Waals surface area contributed by atoms with Gasteiger partial charge in [-0.1, -0.05) is 30.3 Å². The van der Waals surface area contributed by atoms with Gasteiger partial charge in [0.2, 0.25) is 5.91 Å². The highest BCUT2D eigenvalue weighted by molar-refractivity contribution is 5.91. The lowest BCUT2D eigenvalue weighted by Crippen LogP contribution is -2.50. The van der Waals surface area contributed by atoms with E-state index >= 15 is 0 Å². The fourth-order valence-corrected chi connectivity index (χ4v) is 1.95. The van der Waals surface area contributed by atoms with Crippen LogP contribution in [0.2, 0.25) is 0 Å². The van der Waals surface area contributed by atoms with Crippen LogP contribution >= 0.6 is 0 Å². The van der Waals surface area contributed by atoms with E-state index in [1.54, 1.807) is 31.2 Å². The number of carbonyl (C=O) groups excluding carboxylic acids is 2. The van der Waals surface area contributed by atoms with Gasteiger partial charge in [0.15, 0.2) is 5.76 Å². The summed E-state index contributed by atoms with van der Waals surface area (Å²) in [4.78, 5) is 23.8. The van der Waals surface area contributed by atoms with E-state index < -0.39 is 5.54 Å². The van der Waals surface area contributed by atoms with Crippen molar-refractivity contribution in [2.45, 2.75) is 12.5 Å². The smallest absolute Gasteiger partial charge is 0.287 e. The third-order valence-electron chi connectivity index (χ3n) is 3.29. The van der Waals surface area contributed by atoms with E-state index in [0.717, 1.165) is 5.56 Å². The van der Waals surface area contributed by atoms with Gasteiger partial charge in [0.05, 0.1) is 6.26 Å². The van der Waals surface area contributed by atoms with Crippen molar-refractivity contribution in [1.29, 1.82) is 0 Å². The minimum atomic E-state index is -1.12. The summed E-state index contributed by atoms with van der Waals surface area (Å²) in [5.74, 6) is -0.386. The molecule has 1 heterocycles. The molecule has 0 aliphatic rings. The maximum Gasteiger partial charge on any atom is 0.287 e. The number of hydrogen-bond acceptors (Lipinski definition) is 4. The Bertz CT molecular complexity index is 621. The quantitative estimate of drug-likeness (QED) is 0.693. The minimum Gasteiger partial charge on any atom is -0.459 e. The number of carbonyl (C=O) groups is 2. The molecule has 0 saturated heterocycles. The average molecular weight is 301 g/mol. The van der Waals surface area contributed by atoms with Gasteiger partial charge in [0.1, 0.15) is 5.54 Å². The van der Waals surface area contributed by atoms with E-state index in [9.17, 15) is 9.59 Å². The molecule has 116 valence electrons. The molecule has 2 rings (SSSR count). The predicted molar refractivity (Wildman–Crippen MR) is 82.0 cm³/mol. The van der Waals surface area contributed by atoms with Crippen molar-refractivity contribution in [3.8, 4) is 0 Å². The van der Waals surface area contributed by atoms with Crippen molar-refractivity contribution in [2.24, 2.45) is 5.73 Å². The second-order valence-electron chi connectivity index (χ2n) is 5.06. The molecule has 0 spiro atoms. The van der Waals surface area contributed by atoms with Crippen LogP contribution in [0.1, 0.15) is 23.0 Å². The molecule has 0 radical (unpaired) electrons. The zero-order valence-corrected chi connectivity index (χ0v) is 12.3. The Hall–Kier alpha value is -2.60. The van der Waals surface area contributed by atoms with Crippen LogP contribution in [0.4, 0.5) is 0 Å². The topological polar surface area (TPSA) is 97.4 Å². The molecule has 0 fully saturated rings. The van der Waals surface area contributed by atoms with Gasteiger partial charge < -0.3 is 20.8 Å². The summed E-state index contributed by atoms with van der Waals surface area (Å²) in [6, 6.07) is 12.3. The summed E-state index contributed by atoms with van der Waals surface area (Å²) in [7, 11) is 0. The van der Waals surface area contributed by atoms with Crippen LogP contribution in [0, 0.1) is 0 Å². The fraction of sp³-hybridized carbons (Fsp3) is 0.250. The highest BCUT2D eigenvalue weighted by Crippen LogP contribution is 2.16. The Morgan fingerprint density at radius 2 is 1.77 bits per heavy atom. The Kier molecular flexibility index (Phi) is 4.95. The van der Waals surface area contributed by atoms with E-state index in [0.29, 0.717) is 0 Å². The van der Waals surface area contributed by atoms with Crippen LogP contribution in [-0.4, -0.2) is 24.9 Å². The Morgan fingerprint density at radius 1 is 1.09 bits per heavy atom. The SMILES string of the molecule is CC(N)(C(=O)NCCNC(=O)c1ccco1)c1ccccc1. The Labute approximate surface area is 128 Å². The standard InChI is InChI=1S/C16H19N3O3/c1-16(17,12-6-3-2-4-7-12)15(21)19-10-9-18-14(20)13-8-5-11-22-13/h2-8,11H,9-10,17H2,1H3,(H,18,20)(H,19,21). The molecule has 0 bridgehead atoms. The first-order chi connectivity index (χ1) is 10.5. The Morgan fingerprint density at radius 3 is 2.41 bits per heavy atom. The number of nitrogens with one attached hydrogen (secondary N) is 2. The lowest BCUT2D eigenvalue weighted by molar-refractivity contribution is -0.126. The zero-order chi connectivity index (χ0) is 16.0. The van der Waals surface area contributed by atoms with Crippen molar-refractivity contribution in [1.82, 2.24) is 10.6 Å².